The van der Waals surface area contributed by atoms with Gasteiger partial charge in [-0.2, -0.15) is 0 Å². The molecule has 1 aromatic rings. The number of anilines is 1. The third kappa shape index (κ3) is 4.69. The number of aromatic nitrogens is 1. The molecule has 0 bridgehead atoms. The minimum absolute atomic E-state index is 0.146. The number of hydrogen-bond donors (Lipinski definition) is 2. The van der Waals surface area contributed by atoms with Gasteiger partial charge < -0.3 is 10.4 Å². The number of carbonyl (C=O) groups excluding carboxylic acids is 1. The molecule has 0 spiro atoms. The maximum atomic E-state index is 11.3. The zero-order valence-corrected chi connectivity index (χ0v) is 10.1. The van der Waals surface area contributed by atoms with Crippen LogP contribution in [0.15, 0.2) is 11.6 Å². The smallest absolute Gasteiger partial charge is 0.241 e. The molecule has 0 aliphatic heterocycles. The first-order valence-corrected chi connectivity index (χ1v) is 7.24. The fraction of sp³-hybridized carbons (Fsp3) is 0.500. The molecule has 0 saturated heterocycles. The van der Waals surface area contributed by atoms with Crippen molar-refractivity contribution >= 4 is 32.2 Å². The van der Waals surface area contributed by atoms with Crippen LogP contribution in [0.2, 0.25) is 0 Å². The number of aliphatic hydroxyl groups is 1. The summed E-state index contributed by atoms with van der Waals surface area (Å²) < 4.78 is 22.7. The summed E-state index contributed by atoms with van der Waals surface area (Å²) in [5.74, 6) is -1.37. The molecule has 0 fully saturated rings. The Kier molecular flexibility index (Phi) is 4.84. The average molecular weight is 264 g/mol. The van der Waals surface area contributed by atoms with Gasteiger partial charge in [0.25, 0.3) is 0 Å². The lowest BCUT2D eigenvalue weighted by atomic mass is 10.5. The lowest BCUT2D eigenvalue weighted by molar-refractivity contribution is -0.113. The Hall–Kier alpha value is -0.990. The number of aliphatic hydroxyl groups excluding tert-OH is 1. The molecule has 0 aromatic carbocycles. The summed E-state index contributed by atoms with van der Waals surface area (Å²) in [6.45, 7) is -0.201. The van der Waals surface area contributed by atoms with E-state index in [-0.39, 0.29) is 18.8 Å². The minimum Gasteiger partial charge on any atom is -0.396 e. The predicted molar refractivity (Wildman–Crippen MR) is 61.1 cm³/mol. The molecule has 0 atom stereocenters. The molecule has 1 aromatic heterocycles. The Bertz CT molecular complexity index is 427. The van der Waals surface area contributed by atoms with Crippen molar-refractivity contribution in [2.24, 2.45) is 0 Å². The van der Waals surface area contributed by atoms with E-state index >= 15 is 0 Å². The topological polar surface area (TPSA) is 96.4 Å². The second kappa shape index (κ2) is 5.92. The van der Waals surface area contributed by atoms with Gasteiger partial charge in [0.15, 0.2) is 15.0 Å². The average Bonchev–Trinajstić information content (AvgIpc) is 2.66. The van der Waals surface area contributed by atoms with Gasteiger partial charge in [0.2, 0.25) is 5.91 Å². The number of nitrogens with one attached hydrogen (secondary N) is 1. The van der Waals surface area contributed by atoms with Crippen molar-refractivity contribution in [1.82, 2.24) is 4.98 Å². The Morgan fingerprint density at radius 3 is 2.88 bits per heavy atom. The van der Waals surface area contributed by atoms with Gasteiger partial charge in [-0.15, -0.1) is 11.3 Å². The van der Waals surface area contributed by atoms with E-state index in [4.69, 9.17) is 5.11 Å². The first kappa shape index (κ1) is 13.1. The number of sulfone groups is 1. The third-order valence-corrected chi connectivity index (χ3v) is 3.94. The van der Waals surface area contributed by atoms with Gasteiger partial charge in [-0.1, -0.05) is 0 Å². The maximum Gasteiger partial charge on any atom is 0.241 e. The van der Waals surface area contributed by atoms with Crippen LogP contribution in [0.4, 0.5) is 5.13 Å². The highest BCUT2D eigenvalue weighted by atomic mass is 32.2. The summed E-state index contributed by atoms with van der Waals surface area (Å²) in [5, 5.41) is 12.9. The first-order valence-electron chi connectivity index (χ1n) is 4.54. The summed E-state index contributed by atoms with van der Waals surface area (Å²) in [6.07, 6.45) is 1.66. The van der Waals surface area contributed by atoms with E-state index < -0.39 is 21.5 Å². The molecule has 6 nitrogen and oxygen atoms in total. The predicted octanol–water partition coefficient (Wildman–Crippen LogP) is -0.121. The summed E-state index contributed by atoms with van der Waals surface area (Å²) in [6, 6.07) is 0. The second-order valence-corrected chi connectivity index (χ2v) is 6.13. The summed E-state index contributed by atoms with van der Waals surface area (Å²) in [4.78, 5) is 15.1. The van der Waals surface area contributed by atoms with E-state index in [9.17, 15) is 13.2 Å². The van der Waals surface area contributed by atoms with Gasteiger partial charge in [0, 0.05) is 18.2 Å². The lowest BCUT2D eigenvalue weighted by Crippen LogP contribution is -2.24. The van der Waals surface area contributed by atoms with Crippen molar-refractivity contribution in [3.05, 3.63) is 11.6 Å². The molecule has 0 aliphatic rings. The molecule has 0 saturated carbocycles. The Morgan fingerprint density at radius 2 is 2.31 bits per heavy atom. The van der Waals surface area contributed by atoms with Crippen LogP contribution in [-0.4, -0.2) is 42.5 Å². The molecular weight excluding hydrogens is 252 g/mol. The number of carbonyl (C=O) groups is 1. The van der Waals surface area contributed by atoms with Crippen molar-refractivity contribution in [2.75, 3.05) is 23.4 Å². The van der Waals surface area contributed by atoms with E-state index in [1.54, 1.807) is 5.38 Å². The zero-order chi connectivity index (χ0) is 12.0. The van der Waals surface area contributed by atoms with Gasteiger partial charge in [-0.3, -0.25) is 4.79 Å². The van der Waals surface area contributed by atoms with Crippen LogP contribution in [0.5, 0.6) is 0 Å². The molecule has 8 heteroatoms. The first-order chi connectivity index (χ1) is 7.53. The molecule has 0 aliphatic carbocycles. The fourth-order valence-corrected chi connectivity index (χ4v) is 2.73. The number of thiazole rings is 1. The number of nitrogens with zero attached hydrogens (tertiary/aromatic N) is 1. The van der Waals surface area contributed by atoms with Crippen molar-refractivity contribution in [1.29, 1.82) is 0 Å². The van der Waals surface area contributed by atoms with E-state index in [1.807, 2.05) is 0 Å². The number of hydrogen-bond acceptors (Lipinski definition) is 6. The largest absolute Gasteiger partial charge is 0.396 e. The van der Waals surface area contributed by atoms with E-state index in [0.717, 1.165) is 0 Å². The zero-order valence-electron chi connectivity index (χ0n) is 8.42. The van der Waals surface area contributed by atoms with Gasteiger partial charge in [-0.25, -0.2) is 13.4 Å². The molecule has 90 valence electrons. The Morgan fingerprint density at radius 1 is 1.56 bits per heavy atom. The van der Waals surface area contributed by atoms with E-state index in [0.29, 0.717) is 5.13 Å². The van der Waals surface area contributed by atoms with Crippen LogP contribution in [0, 0.1) is 0 Å². The molecule has 0 radical (unpaired) electrons. The molecular formula is C8H12N2O4S2. The monoisotopic (exact) mass is 264 g/mol. The van der Waals surface area contributed by atoms with Crippen LogP contribution < -0.4 is 5.32 Å². The minimum atomic E-state index is -3.44. The quantitative estimate of drug-likeness (QED) is 0.746. The standard InChI is InChI=1S/C8H12N2O4S2/c11-3-1-5-16(13,14)6-7(12)10-8-9-2-4-15-8/h2,4,11H,1,3,5-6H2,(H,9,10,12). The van der Waals surface area contributed by atoms with E-state index in [1.165, 1.54) is 17.5 Å². The normalized spacial score (nSPS) is 11.3. The van der Waals surface area contributed by atoms with Crippen LogP contribution in [0.3, 0.4) is 0 Å². The highest BCUT2D eigenvalue weighted by Gasteiger charge is 2.16. The van der Waals surface area contributed by atoms with Crippen molar-refractivity contribution in [3.8, 4) is 0 Å². The highest BCUT2D eigenvalue weighted by Crippen LogP contribution is 2.10. The van der Waals surface area contributed by atoms with Crippen molar-refractivity contribution in [2.45, 2.75) is 6.42 Å². The number of rotatable bonds is 6. The van der Waals surface area contributed by atoms with Gasteiger partial charge >= 0.3 is 0 Å². The summed E-state index contributed by atoms with van der Waals surface area (Å²) >= 11 is 1.22. The second-order valence-electron chi connectivity index (χ2n) is 3.05. The molecule has 0 unspecified atom stereocenters. The third-order valence-electron chi connectivity index (χ3n) is 1.64. The fourth-order valence-electron chi connectivity index (χ4n) is 0.997. The van der Waals surface area contributed by atoms with Crippen molar-refractivity contribution in [3.63, 3.8) is 0 Å². The van der Waals surface area contributed by atoms with Crippen LogP contribution in [0.25, 0.3) is 0 Å². The maximum absolute atomic E-state index is 11.3. The summed E-state index contributed by atoms with van der Waals surface area (Å²) in [5.41, 5.74) is 0. The molecule has 1 amide bonds. The van der Waals surface area contributed by atoms with Gasteiger partial charge in [-0.05, 0) is 6.42 Å². The molecule has 16 heavy (non-hydrogen) atoms. The van der Waals surface area contributed by atoms with Gasteiger partial charge in [0.1, 0.15) is 5.75 Å². The Balaban J connectivity index is 2.45. The molecule has 1 heterocycles. The highest BCUT2D eigenvalue weighted by molar-refractivity contribution is 7.92. The Labute approximate surface area is 97.2 Å². The lowest BCUT2D eigenvalue weighted by Gasteiger charge is -2.02. The van der Waals surface area contributed by atoms with Crippen LogP contribution in [-0.2, 0) is 14.6 Å². The van der Waals surface area contributed by atoms with E-state index in [2.05, 4.69) is 10.3 Å². The molecule has 1 rings (SSSR count). The SMILES string of the molecule is O=C(CS(=O)(=O)CCCO)Nc1nccs1. The van der Waals surface area contributed by atoms with Crippen LogP contribution >= 0.6 is 11.3 Å². The number of amides is 1. The van der Waals surface area contributed by atoms with Crippen molar-refractivity contribution < 1.29 is 18.3 Å². The van der Waals surface area contributed by atoms with Crippen LogP contribution in [0.1, 0.15) is 6.42 Å². The molecule has 2 N–H and O–H groups in total. The summed E-state index contributed by atoms with van der Waals surface area (Å²) in [7, 11) is -3.44. The van der Waals surface area contributed by atoms with Gasteiger partial charge in [0.05, 0.1) is 5.75 Å².